The first-order valence-corrected chi connectivity index (χ1v) is 9.66. The monoisotopic (exact) mass is 415 g/mol. The van der Waals surface area contributed by atoms with Gasteiger partial charge in [0.2, 0.25) is 0 Å². The molecule has 158 valence electrons. The average molecular weight is 415 g/mol. The first-order valence-electron chi connectivity index (χ1n) is 9.66. The summed E-state index contributed by atoms with van der Waals surface area (Å²) in [6.07, 6.45) is 7.76. The van der Waals surface area contributed by atoms with E-state index in [1.165, 1.54) is 19.2 Å². The molecule has 1 aromatic heterocycles. The number of hydrogen-bond donors (Lipinski definition) is 1. The first kappa shape index (κ1) is 21.6. The number of aliphatic carboxylic acids is 1. The van der Waals surface area contributed by atoms with Gasteiger partial charge in [0.05, 0.1) is 25.3 Å². The lowest BCUT2D eigenvalue weighted by Gasteiger charge is -2.17. The van der Waals surface area contributed by atoms with Crippen molar-refractivity contribution in [3.63, 3.8) is 0 Å². The van der Waals surface area contributed by atoms with Crippen molar-refractivity contribution in [1.82, 2.24) is 4.98 Å². The van der Waals surface area contributed by atoms with Gasteiger partial charge >= 0.3 is 5.97 Å². The van der Waals surface area contributed by atoms with E-state index in [2.05, 4.69) is 4.98 Å². The summed E-state index contributed by atoms with van der Waals surface area (Å²) >= 11 is 0. The summed E-state index contributed by atoms with van der Waals surface area (Å²) in [5.74, 6) is -3.58. The molecule has 1 aliphatic carbocycles. The molecule has 0 saturated heterocycles. The van der Waals surface area contributed by atoms with Gasteiger partial charge in [0.15, 0.2) is 17.4 Å². The molecule has 0 radical (unpaired) electrons. The van der Waals surface area contributed by atoms with Crippen LogP contribution in [0.15, 0.2) is 42.6 Å². The number of halogens is 2. The molecule has 30 heavy (non-hydrogen) atoms. The lowest BCUT2D eigenvalue weighted by molar-refractivity contribution is -0.139. The number of aromatic nitrogens is 1. The molecule has 0 fully saturated rings. The first-order chi connectivity index (χ1) is 14.4. The van der Waals surface area contributed by atoms with Crippen molar-refractivity contribution in [1.29, 1.82) is 0 Å². The van der Waals surface area contributed by atoms with Crippen molar-refractivity contribution in [3.05, 3.63) is 65.4 Å². The topological polar surface area (TPSA) is 68.7 Å². The Morgan fingerprint density at radius 2 is 2.00 bits per heavy atom. The summed E-state index contributed by atoms with van der Waals surface area (Å²) in [6, 6.07) is 4.26. The Balaban J connectivity index is 2.05. The van der Waals surface area contributed by atoms with Gasteiger partial charge in [-0.05, 0) is 49.1 Å². The Morgan fingerprint density at radius 1 is 1.27 bits per heavy atom. The quantitative estimate of drug-likeness (QED) is 0.635. The van der Waals surface area contributed by atoms with E-state index in [0.29, 0.717) is 37.3 Å². The number of benzene rings is 1. The number of ether oxygens (including phenoxy) is 2. The van der Waals surface area contributed by atoms with Crippen LogP contribution in [0.3, 0.4) is 0 Å². The highest BCUT2D eigenvalue weighted by atomic mass is 19.1. The minimum atomic E-state index is -0.898. The molecule has 1 heterocycles. The van der Waals surface area contributed by atoms with E-state index in [1.54, 1.807) is 18.3 Å². The maximum absolute atomic E-state index is 14.3. The molecule has 1 N–H and O–H groups in total. The van der Waals surface area contributed by atoms with Crippen LogP contribution in [0.1, 0.15) is 24.5 Å². The van der Waals surface area contributed by atoms with Gasteiger partial charge in [-0.3, -0.25) is 9.78 Å². The smallest absolute Gasteiger partial charge is 0.310 e. The molecule has 1 unspecified atom stereocenters. The third-order valence-electron chi connectivity index (χ3n) is 4.89. The predicted molar refractivity (Wildman–Crippen MR) is 109 cm³/mol. The van der Waals surface area contributed by atoms with E-state index in [0.717, 1.165) is 11.1 Å². The number of hydrogen-bond acceptors (Lipinski definition) is 4. The fraction of sp³-hybridized carbons (Fsp3) is 0.304. The Bertz CT molecular complexity index is 978. The van der Waals surface area contributed by atoms with Crippen LogP contribution in [0, 0.1) is 17.6 Å². The zero-order valence-corrected chi connectivity index (χ0v) is 16.8. The van der Waals surface area contributed by atoms with Crippen LogP contribution in [0.2, 0.25) is 0 Å². The van der Waals surface area contributed by atoms with Crippen molar-refractivity contribution in [3.8, 4) is 17.0 Å². The lowest BCUT2D eigenvalue weighted by Crippen LogP contribution is -2.12. The second-order valence-electron chi connectivity index (χ2n) is 6.86. The molecule has 3 rings (SSSR count). The molecule has 1 atom stereocenters. The van der Waals surface area contributed by atoms with Crippen LogP contribution in [0.5, 0.6) is 5.75 Å². The van der Waals surface area contributed by atoms with Crippen LogP contribution >= 0.6 is 0 Å². The van der Waals surface area contributed by atoms with E-state index < -0.39 is 29.3 Å². The fourth-order valence-corrected chi connectivity index (χ4v) is 3.32. The molecule has 2 aromatic rings. The van der Waals surface area contributed by atoms with Crippen molar-refractivity contribution >= 4 is 11.5 Å². The Labute approximate surface area is 173 Å². The molecule has 7 heteroatoms. The Morgan fingerprint density at radius 3 is 2.57 bits per heavy atom. The van der Waals surface area contributed by atoms with Gasteiger partial charge in [-0.25, -0.2) is 8.78 Å². The molecular weight excluding hydrogens is 392 g/mol. The van der Waals surface area contributed by atoms with Crippen molar-refractivity contribution in [2.45, 2.75) is 19.8 Å². The second-order valence-corrected chi connectivity index (χ2v) is 6.86. The maximum Gasteiger partial charge on any atom is 0.310 e. The van der Waals surface area contributed by atoms with Gasteiger partial charge in [0.25, 0.3) is 0 Å². The molecule has 1 aliphatic rings. The van der Waals surface area contributed by atoms with Crippen molar-refractivity contribution in [2.24, 2.45) is 5.92 Å². The third-order valence-corrected chi connectivity index (χ3v) is 4.89. The van der Waals surface area contributed by atoms with Gasteiger partial charge in [-0.15, -0.1) is 0 Å². The van der Waals surface area contributed by atoms with Gasteiger partial charge in [0, 0.05) is 23.9 Å². The summed E-state index contributed by atoms with van der Waals surface area (Å²) in [5, 5.41) is 9.20. The van der Waals surface area contributed by atoms with E-state index in [-0.39, 0.29) is 5.56 Å². The van der Waals surface area contributed by atoms with Gasteiger partial charge in [-0.1, -0.05) is 18.2 Å². The zero-order valence-electron chi connectivity index (χ0n) is 16.8. The molecule has 0 spiro atoms. The number of pyridine rings is 1. The number of rotatable bonds is 8. The molecular formula is C23H23F2NO4. The van der Waals surface area contributed by atoms with E-state index >= 15 is 0 Å². The summed E-state index contributed by atoms with van der Waals surface area (Å²) in [7, 11) is 1.20. The van der Waals surface area contributed by atoms with Crippen LogP contribution in [-0.2, 0) is 16.0 Å². The molecule has 1 aromatic carbocycles. The van der Waals surface area contributed by atoms with Gasteiger partial charge in [0.1, 0.15) is 0 Å². The number of allylic oxidation sites excluding steroid dienone is 3. The van der Waals surface area contributed by atoms with E-state index in [9.17, 15) is 18.7 Å². The number of carboxylic acids is 1. The van der Waals surface area contributed by atoms with E-state index in [1.807, 2.05) is 19.1 Å². The predicted octanol–water partition coefficient (Wildman–Crippen LogP) is 4.66. The largest absolute Gasteiger partial charge is 0.491 e. The van der Waals surface area contributed by atoms with Crippen LogP contribution in [-0.4, -0.2) is 36.4 Å². The Hall–Kier alpha value is -3.06. The molecule has 0 saturated carbocycles. The molecule has 0 aliphatic heterocycles. The minimum absolute atomic E-state index is 0.270. The molecule has 0 bridgehead atoms. The number of carbonyl (C=O) groups is 1. The van der Waals surface area contributed by atoms with Crippen LogP contribution in [0.25, 0.3) is 16.8 Å². The van der Waals surface area contributed by atoms with Crippen molar-refractivity contribution in [2.75, 3.05) is 20.3 Å². The summed E-state index contributed by atoms with van der Waals surface area (Å²) in [5.41, 5.74) is 3.01. The standard InChI is InChI=1S/C23H23F2NO4/c1-3-30-9-8-14-10-18(15-4-6-16(7-5-15)23(27)28)21(26-13-14)17-11-19(24)22(29-2)20(25)12-17/h4-6,10-13,16H,3,7-9H2,1-2H3,(H,27,28). The lowest BCUT2D eigenvalue weighted by atomic mass is 9.90. The van der Waals surface area contributed by atoms with Gasteiger partial charge < -0.3 is 14.6 Å². The minimum Gasteiger partial charge on any atom is -0.491 e. The third kappa shape index (κ3) is 4.74. The van der Waals surface area contributed by atoms with E-state index in [4.69, 9.17) is 9.47 Å². The second kappa shape index (κ2) is 9.63. The van der Waals surface area contributed by atoms with Gasteiger partial charge in [-0.2, -0.15) is 0 Å². The van der Waals surface area contributed by atoms with Crippen molar-refractivity contribution < 1.29 is 28.2 Å². The van der Waals surface area contributed by atoms with Crippen LogP contribution in [0.4, 0.5) is 8.78 Å². The summed E-state index contributed by atoms with van der Waals surface area (Å²) in [4.78, 5) is 15.7. The highest BCUT2D eigenvalue weighted by Crippen LogP contribution is 2.34. The number of carboxylic acid groups (broad SMARTS) is 1. The number of methoxy groups -OCH3 is 1. The average Bonchev–Trinajstić information content (AvgIpc) is 2.73. The summed E-state index contributed by atoms with van der Waals surface area (Å²) < 4.78 is 38.7. The fourth-order valence-electron chi connectivity index (χ4n) is 3.32. The Kier molecular flexibility index (Phi) is 6.95. The zero-order chi connectivity index (χ0) is 21.7. The molecule has 5 nitrogen and oxygen atoms in total. The van der Waals surface area contributed by atoms with Crippen LogP contribution < -0.4 is 4.74 Å². The highest BCUT2D eigenvalue weighted by Gasteiger charge is 2.20. The number of nitrogens with zero attached hydrogens (tertiary/aromatic N) is 1. The molecule has 0 amide bonds. The maximum atomic E-state index is 14.3. The summed E-state index contributed by atoms with van der Waals surface area (Å²) in [6.45, 7) is 3.04. The normalized spacial score (nSPS) is 15.7. The highest BCUT2D eigenvalue weighted by molar-refractivity contribution is 5.86. The SMILES string of the molecule is CCOCCc1cnc(-c2cc(F)c(OC)c(F)c2)c(C2=CCC(C(=O)O)C=C2)c1.